The van der Waals surface area contributed by atoms with Crippen LogP contribution >= 0.6 is 0 Å². The highest BCUT2D eigenvalue weighted by atomic mass is 32.2. The van der Waals surface area contributed by atoms with Gasteiger partial charge in [0.15, 0.2) is 11.5 Å². The molecule has 9 nitrogen and oxygen atoms in total. The highest BCUT2D eigenvalue weighted by Crippen LogP contribution is 2.34. The Morgan fingerprint density at radius 2 is 1.49 bits per heavy atom. The largest absolute Gasteiger partial charge is 0.493 e. The molecule has 1 aliphatic rings. The van der Waals surface area contributed by atoms with Crippen molar-refractivity contribution >= 4 is 27.5 Å². The van der Waals surface area contributed by atoms with Crippen LogP contribution in [0.25, 0.3) is 0 Å². The van der Waals surface area contributed by atoms with Crippen molar-refractivity contribution < 1.29 is 27.5 Å². The summed E-state index contributed by atoms with van der Waals surface area (Å²) in [5.41, 5.74) is 3.83. The molecule has 1 atom stereocenters. The van der Waals surface area contributed by atoms with Crippen LogP contribution in [-0.2, 0) is 32.6 Å². The molecule has 1 fully saturated rings. The first-order valence-corrected chi connectivity index (χ1v) is 18.0. The summed E-state index contributed by atoms with van der Waals surface area (Å²) in [6, 6.07) is 27.7. The fourth-order valence-corrected chi connectivity index (χ4v) is 7.64. The number of benzene rings is 4. The molecule has 4 aromatic rings. The van der Waals surface area contributed by atoms with E-state index >= 15 is 0 Å². The van der Waals surface area contributed by atoms with Crippen LogP contribution in [0, 0.1) is 13.8 Å². The smallest absolute Gasteiger partial charge is 0.264 e. The molecule has 1 N–H and O–H groups in total. The summed E-state index contributed by atoms with van der Waals surface area (Å²) in [6.45, 7) is 3.39. The van der Waals surface area contributed by atoms with E-state index in [1.165, 1.54) is 37.3 Å². The molecule has 0 unspecified atom stereocenters. The van der Waals surface area contributed by atoms with Crippen LogP contribution in [0.15, 0.2) is 102 Å². The molecule has 0 bridgehead atoms. The summed E-state index contributed by atoms with van der Waals surface area (Å²) >= 11 is 0. The number of rotatable bonds is 14. The van der Waals surface area contributed by atoms with E-state index in [1.807, 2.05) is 68.4 Å². The molecular formula is C39H45N3O6S. The van der Waals surface area contributed by atoms with Gasteiger partial charge in [-0.05, 0) is 67.6 Å². The van der Waals surface area contributed by atoms with Crippen molar-refractivity contribution in [3.05, 3.63) is 119 Å². The number of aryl methyl sites for hydroxylation is 2. The molecule has 0 spiro atoms. The van der Waals surface area contributed by atoms with Gasteiger partial charge in [0.25, 0.3) is 10.0 Å². The third-order valence-electron chi connectivity index (χ3n) is 9.12. The Morgan fingerprint density at radius 1 is 0.837 bits per heavy atom. The molecule has 0 aromatic heterocycles. The van der Waals surface area contributed by atoms with E-state index in [4.69, 9.17) is 9.47 Å². The number of amides is 2. The summed E-state index contributed by atoms with van der Waals surface area (Å²) < 4.78 is 40.8. The Labute approximate surface area is 289 Å². The van der Waals surface area contributed by atoms with Crippen molar-refractivity contribution in [3.8, 4) is 11.5 Å². The van der Waals surface area contributed by atoms with Gasteiger partial charge in [-0.15, -0.1) is 0 Å². The van der Waals surface area contributed by atoms with E-state index in [0.29, 0.717) is 11.5 Å². The van der Waals surface area contributed by atoms with Gasteiger partial charge in [0.05, 0.1) is 24.8 Å². The minimum absolute atomic E-state index is 0.0333. The van der Waals surface area contributed by atoms with Crippen LogP contribution in [-0.4, -0.2) is 58.0 Å². The average Bonchev–Trinajstić information content (AvgIpc) is 3.62. The van der Waals surface area contributed by atoms with Crippen molar-refractivity contribution in [2.24, 2.45) is 0 Å². The predicted molar refractivity (Wildman–Crippen MR) is 191 cm³/mol. The predicted octanol–water partition coefficient (Wildman–Crippen LogP) is 6.21. The molecule has 5 rings (SSSR count). The number of nitrogens with one attached hydrogen (secondary N) is 1. The third kappa shape index (κ3) is 8.61. The van der Waals surface area contributed by atoms with Gasteiger partial charge >= 0.3 is 0 Å². The van der Waals surface area contributed by atoms with Gasteiger partial charge in [0.1, 0.15) is 12.6 Å². The standard InChI is InChI=1S/C39H45N3O6S/c1-28-18-21-34(22-19-28)49(45,46)42(33-20-23-36(47-3)37(25-33)48-4)27-38(43)41(26-31-15-9-8-12-29(31)2)35(24-30-13-6-5-7-14-30)39(44)40-32-16-10-11-17-32/h5-9,12-15,18-23,25,32,35H,10-11,16-17,24,26-27H2,1-4H3,(H,40,44)/t35-/m1/s1. The Kier molecular flexibility index (Phi) is 11.6. The van der Waals surface area contributed by atoms with Crippen molar-refractivity contribution in [3.63, 3.8) is 0 Å². The van der Waals surface area contributed by atoms with E-state index in [9.17, 15) is 18.0 Å². The SMILES string of the molecule is COc1ccc(N(CC(=O)N(Cc2ccccc2C)[C@H](Cc2ccccc2)C(=O)NC2CCCC2)S(=O)(=O)c2ccc(C)cc2)cc1OC. The maximum atomic E-state index is 14.8. The maximum Gasteiger partial charge on any atom is 0.264 e. The van der Waals surface area contributed by atoms with Crippen molar-refractivity contribution in [1.82, 2.24) is 10.2 Å². The minimum atomic E-state index is -4.26. The number of ether oxygens (including phenoxy) is 2. The highest BCUT2D eigenvalue weighted by molar-refractivity contribution is 7.92. The van der Waals surface area contributed by atoms with Crippen molar-refractivity contribution in [2.75, 3.05) is 25.1 Å². The van der Waals surface area contributed by atoms with Gasteiger partial charge < -0.3 is 19.7 Å². The fourth-order valence-electron chi connectivity index (χ4n) is 6.24. The molecule has 1 saturated carbocycles. The zero-order valence-electron chi connectivity index (χ0n) is 28.6. The quantitative estimate of drug-likeness (QED) is 0.169. The van der Waals surface area contributed by atoms with E-state index in [2.05, 4.69) is 5.32 Å². The topological polar surface area (TPSA) is 105 Å². The van der Waals surface area contributed by atoms with Gasteiger partial charge in [0.2, 0.25) is 11.8 Å². The van der Waals surface area contributed by atoms with Crippen LogP contribution in [0.5, 0.6) is 11.5 Å². The average molecular weight is 684 g/mol. The second kappa shape index (κ2) is 16.0. The van der Waals surface area contributed by atoms with E-state index in [-0.39, 0.29) is 35.5 Å². The van der Waals surface area contributed by atoms with Gasteiger partial charge in [-0.3, -0.25) is 13.9 Å². The number of hydrogen-bond acceptors (Lipinski definition) is 6. The molecule has 1 aliphatic carbocycles. The van der Waals surface area contributed by atoms with Crippen molar-refractivity contribution in [1.29, 1.82) is 0 Å². The molecule has 0 heterocycles. The maximum absolute atomic E-state index is 14.8. The highest BCUT2D eigenvalue weighted by Gasteiger charge is 2.36. The Bertz CT molecular complexity index is 1840. The van der Waals surface area contributed by atoms with Gasteiger partial charge in [-0.2, -0.15) is 0 Å². The summed E-state index contributed by atoms with van der Waals surface area (Å²) in [6.07, 6.45) is 4.11. The van der Waals surface area contributed by atoms with Gasteiger partial charge in [-0.1, -0.05) is 85.1 Å². The number of nitrogens with zero attached hydrogens (tertiary/aromatic N) is 2. The Balaban J connectivity index is 1.60. The second-order valence-electron chi connectivity index (χ2n) is 12.5. The fraction of sp³-hybridized carbons (Fsp3) is 0.333. The first-order chi connectivity index (χ1) is 23.6. The number of sulfonamides is 1. The third-order valence-corrected chi connectivity index (χ3v) is 10.9. The molecule has 2 amide bonds. The minimum Gasteiger partial charge on any atom is -0.493 e. The van der Waals surface area contributed by atoms with Crippen LogP contribution in [0.2, 0.25) is 0 Å². The number of anilines is 1. The molecule has 0 saturated heterocycles. The van der Waals surface area contributed by atoms with Crippen LogP contribution in [0.4, 0.5) is 5.69 Å². The summed E-state index contributed by atoms with van der Waals surface area (Å²) in [5.74, 6) is -0.0443. The number of carbonyl (C=O) groups excluding carboxylic acids is 2. The van der Waals surface area contributed by atoms with E-state index < -0.39 is 28.5 Å². The first kappa shape index (κ1) is 35.5. The normalized spacial score (nSPS) is 13.8. The lowest BCUT2D eigenvalue weighted by Gasteiger charge is -2.34. The zero-order chi connectivity index (χ0) is 35.0. The lowest BCUT2D eigenvalue weighted by molar-refractivity contribution is -0.140. The molecule has 258 valence electrons. The Morgan fingerprint density at radius 3 is 2.14 bits per heavy atom. The van der Waals surface area contributed by atoms with Gasteiger partial charge in [-0.25, -0.2) is 8.42 Å². The Hall–Kier alpha value is -4.83. The molecule has 10 heteroatoms. The van der Waals surface area contributed by atoms with E-state index in [0.717, 1.165) is 52.2 Å². The van der Waals surface area contributed by atoms with Crippen LogP contribution in [0.3, 0.4) is 0 Å². The summed E-state index contributed by atoms with van der Waals surface area (Å²) in [5, 5.41) is 3.21. The lowest BCUT2D eigenvalue weighted by atomic mass is 10.0. The molecule has 49 heavy (non-hydrogen) atoms. The summed E-state index contributed by atoms with van der Waals surface area (Å²) in [4.78, 5) is 30.6. The molecule has 4 aromatic carbocycles. The molecule has 0 radical (unpaired) electrons. The number of carbonyl (C=O) groups is 2. The van der Waals surface area contributed by atoms with E-state index in [1.54, 1.807) is 24.3 Å². The number of hydrogen-bond donors (Lipinski definition) is 1. The molecular weight excluding hydrogens is 639 g/mol. The van der Waals surface area contributed by atoms with Crippen LogP contribution in [0.1, 0.15) is 47.9 Å². The second-order valence-corrected chi connectivity index (χ2v) is 14.4. The zero-order valence-corrected chi connectivity index (χ0v) is 29.4. The van der Waals surface area contributed by atoms with Crippen LogP contribution < -0.4 is 19.1 Å². The monoisotopic (exact) mass is 683 g/mol. The first-order valence-electron chi connectivity index (χ1n) is 16.6. The molecule has 0 aliphatic heterocycles. The lowest BCUT2D eigenvalue weighted by Crippen LogP contribution is -2.54. The van der Waals surface area contributed by atoms with Crippen molar-refractivity contribution in [2.45, 2.75) is 69.5 Å². The van der Waals surface area contributed by atoms with Gasteiger partial charge in [0, 0.05) is 25.1 Å². The summed E-state index contributed by atoms with van der Waals surface area (Å²) in [7, 11) is -1.30. The number of methoxy groups -OCH3 is 2.